The molecule has 30 heavy (non-hydrogen) atoms. The Morgan fingerprint density at radius 1 is 1.00 bits per heavy atom. The highest BCUT2D eigenvalue weighted by molar-refractivity contribution is 5.92. The molecule has 0 unspecified atom stereocenters. The fourth-order valence-electron chi connectivity index (χ4n) is 4.36. The van der Waals surface area contributed by atoms with E-state index in [1.165, 1.54) is 40.8 Å². The first kappa shape index (κ1) is 18.7. The number of fused-ring (bicyclic) bond motifs is 1. The van der Waals surface area contributed by atoms with Crippen LogP contribution < -0.4 is 10.2 Å². The molecule has 1 aliphatic rings. The van der Waals surface area contributed by atoms with E-state index in [9.17, 15) is 0 Å². The molecule has 152 valence electrons. The summed E-state index contributed by atoms with van der Waals surface area (Å²) in [5.74, 6) is 0.857. The predicted octanol–water partition coefficient (Wildman–Crippen LogP) is 5.45. The second kappa shape index (κ2) is 7.82. The minimum Gasteiger partial charge on any atom is -0.372 e. The summed E-state index contributed by atoms with van der Waals surface area (Å²) >= 11 is 0. The molecule has 3 heterocycles. The summed E-state index contributed by atoms with van der Waals surface area (Å²) in [5.41, 5.74) is 8.24. The fraction of sp³-hybridized carbons (Fsp3) is 0.280. The number of rotatable bonds is 5. The third-order valence-electron chi connectivity index (χ3n) is 5.94. The first-order valence-corrected chi connectivity index (χ1v) is 10.7. The molecule has 2 aromatic heterocycles. The Labute approximate surface area is 177 Å². The lowest BCUT2D eigenvalue weighted by Crippen LogP contribution is -2.17. The molecule has 4 aromatic rings. The lowest BCUT2D eigenvalue weighted by molar-refractivity contribution is 0.949. The highest BCUT2D eigenvalue weighted by Gasteiger charge is 2.15. The van der Waals surface area contributed by atoms with Crippen molar-refractivity contribution < 1.29 is 0 Å². The minimum absolute atomic E-state index is 0.734. The quantitative estimate of drug-likeness (QED) is 0.470. The van der Waals surface area contributed by atoms with Crippen molar-refractivity contribution in [2.24, 2.45) is 0 Å². The lowest BCUT2D eigenvalue weighted by Gasteiger charge is -2.19. The van der Waals surface area contributed by atoms with Gasteiger partial charge >= 0.3 is 0 Å². The van der Waals surface area contributed by atoms with Crippen LogP contribution in [0, 0.1) is 13.8 Å². The van der Waals surface area contributed by atoms with Crippen LogP contribution in [0.25, 0.3) is 22.3 Å². The summed E-state index contributed by atoms with van der Waals surface area (Å²) in [6.45, 7) is 7.36. The van der Waals surface area contributed by atoms with Crippen molar-refractivity contribution in [1.82, 2.24) is 15.0 Å². The fourth-order valence-corrected chi connectivity index (χ4v) is 4.36. The van der Waals surface area contributed by atoms with Gasteiger partial charge in [-0.1, -0.05) is 35.9 Å². The second-order valence-corrected chi connectivity index (χ2v) is 8.20. The molecule has 2 N–H and O–H groups in total. The smallest absolute Gasteiger partial charge is 0.143 e. The van der Waals surface area contributed by atoms with Crippen molar-refractivity contribution in [3.05, 3.63) is 71.5 Å². The molecule has 0 aliphatic carbocycles. The zero-order chi connectivity index (χ0) is 20.5. The molecule has 0 amide bonds. The van der Waals surface area contributed by atoms with Gasteiger partial charge in [-0.05, 0) is 56.0 Å². The van der Waals surface area contributed by atoms with Crippen LogP contribution in [0.4, 0.5) is 11.5 Å². The largest absolute Gasteiger partial charge is 0.372 e. The van der Waals surface area contributed by atoms with Gasteiger partial charge in [0.05, 0.1) is 5.39 Å². The Morgan fingerprint density at radius 2 is 1.87 bits per heavy atom. The van der Waals surface area contributed by atoms with E-state index in [1.807, 2.05) is 0 Å². The number of aromatic nitrogens is 3. The molecule has 5 nitrogen and oxygen atoms in total. The van der Waals surface area contributed by atoms with Gasteiger partial charge in [-0.3, -0.25) is 0 Å². The molecule has 0 atom stereocenters. The normalized spacial score (nSPS) is 13.9. The molecule has 0 radical (unpaired) electrons. The van der Waals surface area contributed by atoms with Crippen LogP contribution in [-0.4, -0.2) is 28.0 Å². The maximum Gasteiger partial charge on any atom is 0.143 e. The van der Waals surface area contributed by atoms with Gasteiger partial charge in [0, 0.05) is 36.6 Å². The molecule has 0 bridgehead atoms. The van der Waals surface area contributed by atoms with E-state index in [0.29, 0.717) is 0 Å². The second-order valence-electron chi connectivity index (χ2n) is 8.20. The van der Waals surface area contributed by atoms with E-state index < -0.39 is 0 Å². The third-order valence-corrected chi connectivity index (χ3v) is 5.94. The van der Waals surface area contributed by atoms with Crippen molar-refractivity contribution in [3.63, 3.8) is 0 Å². The Hall–Kier alpha value is -3.34. The average Bonchev–Trinajstić information content (AvgIpc) is 3.42. The van der Waals surface area contributed by atoms with Crippen molar-refractivity contribution in [3.8, 4) is 11.3 Å². The first-order chi connectivity index (χ1) is 14.7. The molecular formula is C25H27N5. The van der Waals surface area contributed by atoms with Crippen LogP contribution in [0.3, 0.4) is 0 Å². The number of hydrogen-bond acceptors (Lipinski definition) is 4. The summed E-state index contributed by atoms with van der Waals surface area (Å²) in [7, 11) is 0. The van der Waals surface area contributed by atoms with Gasteiger partial charge in [0.1, 0.15) is 17.8 Å². The molecular weight excluding hydrogens is 370 g/mol. The summed E-state index contributed by atoms with van der Waals surface area (Å²) in [5, 5.41) is 4.50. The van der Waals surface area contributed by atoms with Crippen LogP contribution in [0.15, 0.2) is 54.9 Å². The Bertz CT molecular complexity index is 1190. The van der Waals surface area contributed by atoms with Crippen LogP contribution in [-0.2, 0) is 6.54 Å². The molecule has 1 saturated heterocycles. The molecule has 5 heteroatoms. The average molecular weight is 398 g/mol. The highest BCUT2D eigenvalue weighted by atomic mass is 15.1. The molecule has 2 aromatic carbocycles. The van der Waals surface area contributed by atoms with Crippen LogP contribution in [0.5, 0.6) is 0 Å². The van der Waals surface area contributed by atoms with Gasteiger partial charge in [0.2, 0.25) is 0 Å². The van der Waals surface area contributed by atoms with Gasteiger partial charge < -0.3 is 15.2 Å². The van der Waals surface area contributed by atoms with Gasteiger partial charge in [0.15, 0.2) is 0 Å². The van der Waals surface area contributed by atoms with E-state index in [2.05, 4.69) is 87.5 Å². The van der Waals surface area contributed by atoms with E-state index in [4.69, 9.17) is 0 Å². The molecule has 1 fully saturated rings. The maximum absolute atomic E-state index is 4.49. The highest BCUT2D eigenvalue weighted by Crippen LogP contribution is 2.31. The van der Waals surface area contributed by atoms with E-state index in [0.717, 1.165) is 42.2 Å². The van der Waals surface area contributed by atoms with Gasteiger partial charge in [-0.25, -0.2) is 9.97 Å². The summed E-state index contributed by atoms with van der Waals surface area (Å²) in [4.78, 5) is 14.9. The summed E-state index contributed by atoms with van der Waals surface area (Å²) in [6, 6.07) is 17.4. The predicted molar refractivity (Wildman–Crippen MR) is 124 cm³/mol. The maximum atomic E-state index is 4.49. The number of nitrogens with one attached hydrogen (secondary N) is 2. The Kier molecular flexibility index (Phi) is 4.87. The molecule has 0 spiro atoms. The van der Waals surface area contributed by atoms with Crippen molar-refractivity contribution in [2.45, 2.75) is 33.2 Å². The monoisotopic (exact) mass is 397 g/mol. The van der Waals surface area contributed by atoms with Crippen LogP contribution >= 0.6 is 0 Å². The number of aromatic amines is 1. The topological polar surface area (TPSA) is 56.8 Å². The number of hydrogen-bond donors (Lipinski definition) is 2. The molecule has 5 rings (SSSR count). The van der Waals surface area contributed by atoms with Crippen LogP contribution in [0.1, 0.15) is 29.5 Å². The standard InChI is InChI=1S/C25H27N5/c1-17-6-5-7-19(12-17)15-26-24-22-14-23(29-25(22)28-16-27-24)21-9-8-20(13-18(21)2)30-10-3-4-11-30/h5-9,12-14,16H,3-4,10-11,15H2,1-2H3,(H2,26,27,28,29). The SMILES string of the molecule is Cc1cccc(CNc2ncnc3[nH]c(-c4ccc(N5CCCC5)cc4C)cc23)c1. The van der Waals surface area contributed by atoms with Gasteiger partial charge in [0.25, 0.3) is 0 Å². The number of benzene rings is 2. The number of anilines is 2. The lowest BCUT2D eigenvalue weighted by atomic mass is 10.0. The number of nitrogens with zero attached hydrogens (tertiary/aromatic N) is 3. The van der Waals surface area contributed by atoms with E-state index in [-0.39, 0.29) is 0 Å². The number of aryl methyl sites for hydroxylation is 2. The number of H-pyrrole nitrogens is 1. The Balaban J connectivity index is 1.43. The van der Waals surface area contributed by atoms with Crippen LogP contribution in [0.2, 0.25) is 0 Å². The first-order valence-electron chi connectivity index (χ1n) is 10.7. The minimum atomic E-state index is 0.734. The van der Waals surface area contributed by atoms with Crippen molar-refractivity contribution >= 4 is 22.5 Å². The van der Waals surface area contributed by atoms with Crippen molar-refractivity contribution in [1.29, 1.82) is 0 Å². The third kappa shape index (κ3) is 3.63. The zero-order valence-corrected chi connectivity index (χ0v) is 17.6. The van der Waals surface area contributed by atoms with Gasteiger partial charge in [-0.15, -0.1) is 0 Å². The van der Waals surface area contributed by atoms with E-state index >= 15 is 0 Å². The molecule has 1 aliphatic heterocycles. The molecule has 0 saturated carbocycles. The van der Waals surface area contributed by atoms with Gasteiger partial charge in [-0.2, -0.15) is 0 Å². The summed E-state index contributed by atoms with van der Waals surface area (Å²) in [6.07, 6.45) is 4.20. The van der Waals surface area contributed by atoms with Crippen molar-refractivity contribution in [2.75, 3.05) is 23.3 Å². The van der Waals surface area contributed by atoms with E-state index in [1.54, 1.807) is 6.33 Å². The zero-order valence-electron chi connectivity index (χ0n) is 17.6. The Morgan fingerprint density at radius 3 is 2.67 bits per heavy atom. The summed E-state index contributed by atoms with van der Waals surface area (Å²) < 4.78 is 0.